The molecule has 0 spiro atoms. The van der Waals surface area contributed by atoms with Crippen LogP contribution in [0.1, 0.15) is 48.0 Å². The maximum absolute atomic E-state index is 3.67. The smallest absolute Gasteiger partial charge is 0.0354 e. The topological polar surface area (TPSA) is 0 Å². The second-order valence-corrected chi connectivity index (χ2v) is 3.80. The van der Waals surface area contributed by atoms with Crippen LogP contribution in [0.3, 0.4) is 0 Å². The SMILES string of the molecule is C=C(C)CC.CC(C)C(C)C. The van der Waals surface area contributed by atoms with Gasteiger partial charge in [0.05, 0.1) is 0 Å². The lowest BCUT2D eigenvalue weighted by Gasteiger charge is -2.05. The predicted octanol–water partition coefficient (Wildman–Crippen LogP) is 4.27. The second-order valence-electron chi connectivity index (χ2n) is 3.80. The molecule has 0 aliphatic rings. The molecule has 0 unspecified atom stereocenters. The molecule has 0 amide bonds. The monoisotopic (exact) mass is 156 g/mol. The zero-order valence-electron chi connectivity index (χ0n) is 9.07. The van der Waals surface area contributed by atoms with Crippen LogP contribution >= 0.6 is 0 Å². The van der Waals surface area contributed by atoms with Crippen molar-refractivity contribution in [2.75, 3.05) is 0 Å². The van der Waals surface area contributed by atoms with Crippen LogP contribution in [-0.4, -0.2) is 0 Å². The summed E-state index contributed by atoms with van der Waals surface area (Å²) < 4.78 is 0. The van der Waals surface area contributed by atoms with E-state index in [-0.39, 0.29) is 0 Å². The number of rotatable bonds is 2. The van der Waals surface area contributed by atoms with Crippen molar-refractivity contribution in [3.63, 3.8) is 0 Å². The molecule has 0 N–H and O–H groups in total. The van der Waals surface area contributed by atoms with Gasteiger partial charge in [-0.15, -0.1) is 6.58 Å². The van der Waals surface area contributed by atoms with Gasteiger partial charge in [-0.1, -0.05) is 40.2 Å². The Bertz CT molecular complexity index is 82.2. The zero-order valence-corrected chi connectivity index (χ0v) is 9.07. The fourth-order valence-electron chi connectivity index (χ4n) is 0. The summed E-state index contributed by atoms with van der Waals surface area (Å²) in [4.78, 5) is 0. The lowest BCUT2D eigenvalue weighted by Crippen LogP contribution is -1.95. The van der Waals surface area contributed by atoms with Crippen molar-refractivity contribution in [1.82, 2.24) is 0 Å². The Hall–Kier alpha value is -0.260. The third-order valence-electron chi connectivity index (χ3n) is 1.94. The van der Waals surface area contributed by atoms with E-state index in [0.717, 1.165) is 18.3 Å². The van der Waals surface area contributed by atoms with Crippen LogP contribution in [0.15, 0.2) is 12.2 Å². The molecule has 0 atom stereocenters. The number of allylic oxidation sites excluding steroid dienone is 1. The van der Waals surface area contributed by atoms with Crippen molar-refractivity contribution >= 4 is 0 Å². The van der Waals surface area contributed by atoms with E-state index in [1.807, 2.05) is 6.92 Å². The average molecular weight is 156 g/mol. The minimum absolute atomic E-state index is 0.852. The van der Waals surface area contributed by atoms with Crippen molar-refractivity contribution in [2.24, 2.45) is 11.8 Å². The van der Waals surface area contributed by atoms with E-state index in [1.54, 1.807) is 0 Å². The molecule has 0 saturated carbocycles. The summed E-state index contributed by atoms with van der Waals surface area (Å²) in [5.74, 6) is 1.70. The minimum atomic E-state index is 0.852. The fourth-order valence-corrected chi connectivity index (χ4v) is 0. The molecule has 0 fully saturated rings. The van der Waals surface area contributed by atoms with Crippen LogP contribution in [0.4, 0.5) is 0 Å². The lowest BCUT2D eigenvalue weighted by molar-refractivity contribution is 0.457. The molecule has 0 rings (SSSR count). The minimum Gasteiger partial charge on any atom is -0.100 e. The maximum Gasteiger partial charge on any atom is -0.0354 e. The van der Waals surface area contributed by atoms with E-state index in [0.29, 0.717) is 0 Å². The highest BCUT2D eigenvalue weighted by Gasteiger charge is 1.95. The quantitative estimate of drug-likeness (QED) is 0.524. The second kappa shape index (κ2) is 7.84. The largest absolute Gasteiger partial charge is 0.100 e. The van der Waals surface area contributed by atoms with E-state index < -0.39 is 0 Å². The molecule has 68 valence electrons. The van der Waals surface area contributed by atoms with Crippen LogP contribution in [0.5, 0.6) is 0 Å². The van der Waals surface area contributed by atoms with Crippen molar-refractivity contribution < 1.29 is 0 Å². The van der Waals surface area contributed by atoms with Gasteiger partial charge in [-0.05, 0) is 25.2 Å². The number of hydrogen-bond acceptors (Lipinski definition) is 0. The summed E-state index contributed by atoms with van der Waals surface area (Å²) in [5.41, 5.74) is 1.25. The Morgan fingerprint density at radius 3 is 1.27 bits per heavy atom. The standard InChI is InChI=1S/C6H14.C5H10/c1-5(2)6(3)4;1-4-5(2)3/h5-6H,1-4H3;2,4H2,1,3H3. The van der Waals surface area contributed by atoms with Gasteiger partial charge in [-0.3, -0.25) is 0 Å². The van der Waals surface area contributed by atoms with Gasteiger partial charge in [0.2, 0.25) is 0 Å². The van der Waals surface area contributed by atoms with Crippen molar-refractivity contribution in [3.05, 3.63) is 12.2 Å². The molecule has 0 bridgehead atoms. The van der Waals surface area contributed by atoms with Gasteiger partial charge < -0.3 is 0 Å². The van der Waals surface area contributed by atoms with E-state index >= 15 is 0 Å². The summed E-state index contributed by atoms with van der Waals surface area (Å²) in [6.07, 6.45) is 1.11. The van der Waals surface area contributed by atoms with E-state index in [4.69, 9.17) is 0 Å². The van der Waals surface area contributed by atoms with Gasteiger partial charge in [0.25, 0.3) is 0 Å². The van der Waals surface area contributed by atoms with Gasteiger partial charge >= 0.3 is 0 Å². The highest BCUT2D eigenvalue weighted by molar-refractivity contribution is 4.84. The van der Waals surface area contributed by atoms with Gasteiger partial charge in [0.1, 0.15) is 0 Å². The molecule has 0 nitrogen and oxygen atoms in total. The highest BCUT2D eigenvalue weighted by Crippen LogP contribution is 2.05. The summed E-state index contributed by atoms with van der Waals surface area (Å²) in [6, 6.07) is 0. The molecule has 0 heterocycles. The lowest BCUT2D eigenvalue weighted by atomic mass is 10.0. The Morgan fingerprint density at radius 1 is 1.09 bits per heavy atom. The normalized spacial score (nSPS) is 9.45. The van der Waals surface area contributed by atoms with Crippen LogP contribution in [0.25, 0.3) is 0 Å². The molecule has 0 aliphatic heterocycles. The van der Waals surface area contributed by atoms with Crippen LogP contribution in [0.2, 0.25) is 0 Å². The van der Waals surface area contributed by atoms with Crippen LogP contribution in [-0.2, 0) is 0 Å². The third kappa shape index (κ3) is 17.7. The van der Waals surface area contributed by atoms with Crippen molar-refractivity contribution in [3.8, 4) is 0 Å². The molecule has 0 aromatic carbocycles. The summed E-state index contributed by atoms with van der Waals surface area (Å²) >= 11 is 0. The van der Waals surface area contributed by atoms with E-state index in [1.165, 1.54) is 5.57 Å². The van der Waals surface area contributed by atoms with Gasteiger partial charge in [-0.25, -0.2) is 0 Å². The molecule has 0 heteroatoms. The van der Waals surface area contributed by atoms with E-state index in [9.17, 15) is 0 Å². The highest BCUT2D eigenvalue weighted by atomic mass is 14.0. The Balaban J connectivity index is 0. The molecule has 0 aliphatic carbocycles. The first-order chi connectivity index (χ1) is 4.91. The van der Waals surface area contributed by atoms with Gasteiger partial charge in [0.15, 0.2) is 0 Å². The summed E-state index contributed by atoms with van der Waals surface area (Å²) in [6.45, 7) is 16.8. The molecule has 0 aromatic heterocycles. The Kier molecular flexibility index (Phi) is 9.51. The Labute approximate surface area is 72.7 Å². The van der Waals surface area contributed by atoms with Crippen molar-refractivity contribution in [2.45, 2.75) is 48.0 Å². The first-order valence-corrected chi connectivity index (χ1v) is 4.56. The van der Waals surface area contributed by atoms with Gasteiger partial charge in [0, 0.05) is 0 Å². The molecular formula is C11H24. The van der Waals surface area contributed by atoms with Crippen LogP contribution in [0, 0.1) is 11.8 Å². The zero-order chi connectivity index (χ0) is 9.44. The third-order valence-corrected chi connectivity index (χ3v) is 1.94. The first-order valence-electron chi connectivity index (χ1n) is 4.56. The first kappa shape index (κ1) is 13.3. The molecule has 11 heavy (non-hydrogen) atoms. The predicted molar refractivity (Wildman–Crippen MR) is 54.8 cm³/mol. The molecule has 0 saturated heterocycles. The van der Waals surface area contributed by atoms with Crippen LogP contribution < -0.4 is 0 Å². The van der Waals surface area contributed by atoms with Gasteiger partial charge in [-0.2, -0.15) is 0 Å². The molecule has 0 radical (unpaired) electrons. The maximum atomic E-state index is 3.67. The molecular weight excluding hydrogens is 132 g/mol. The summed E-state index contributed by atoms with van der Waals surface area (Å²) in [7, 11) is 0. The summed E-state index contributed by atoms with van der Waals surface area (Å²) in [5, 5.41) is 0. The fraction of sp³-hybridized carbons (Fsp3) is 0.818. The Morgan fingerprint density at radius 2 is 1.27 bits per heavy atom. The van der Waals surface area contributed by atoms with E-state index in [2.05, 4.69) is 41.2 Å². The number of hydrogen-bond donors (Lipinski definition) is 0. The molecule has 0 aromatic rings. The van der Waals surface area contributed by atoms with Crippen molar-refractivity contribution in [1.29, 1.82) is 0 Å². The average Bonchev–Trinajstić information content (AvgIpc) is 1.89.